The Bertz CT molecular complexity index is 948. The average Bonchev–Trinajstić information content (AvgIpc) is 3.04. The van der Waals surface area contributed by atoms with Gasteiger partial charge in [-0.05, 0) is 43.2 Å². The van der Waals surface area contributed by atoms with Crippen LogP contribution >= 0.6 is 0 Å². The van der Waals surface area contributed by atoms with Gasteiger partial charge in [-0.1, -0.05) is 50.6 Å². The third-order valence-electron chi connectivity index (χ3n) is 5.71. The number of hydrogen-bond acceptors (Lipinski definition) is 1. The molecule has 0 radical (unpaired) electrons. The topological polar surface area (TPSA) is 18.0 Å². The standard InChI is InChI=1S/C22H24N2O/c1-15(2)17-10-6-12-19-22(17)25-20-13-7-11-18-21(20)24(19)14-23(18)16-8-4-3-5-9-16/h6-7,10-13,15-16H,3-5,8-9H2,1-2H3. The zero-order valence-corrected chi connectivity index (χ0v) is 15.0. The second-order valence-electron chi connectivity index (χ2n) is 7.67. The van der Waals surface area contributed by atoms with Crippen molar-refractivity contribution >= 4 is 11.0 Å². The van der Waals surface area contributed by atoms with Gasteiger partial charge in [-0.3, -0.25) is 0 Å². The molecule has 0 N–H and O–H groups in total. The number of imidazole rings is 1. The highest BCUT2D eigenvalue weighted by Crippen LogP contribution is 2.41. The maximum Gasteiger partial charge on any atom is 0.244 e. The molecule has 2 heterocycles. The molecule has 128 valence electrons. The van der Waals surface area contributed by atoms with Crippen LogP contribution < -0.4 is 9.30 Å². The van der Waals surface area contributed by atoms with Gasteiger partial charge in [0.2, 0.25) is 6.33 Å². The number of para-hydroxylation sites is 2. The fraction of sp³-hybridized carbons (Fsp3) is 0.409. The fourth-order valence-electron chi connectivity index (χ4n) is 4.41. The number of fused-ring (bicyclic) bond motifs is 2. The van der Waals surface area contributed by atoms with Crippen LogP contribution in [0.15, 0.2) is 36.4 Å². The normalized spacial score (nSPS) is 16.9. The Labute approximate surface area is 148 Å². The van der Waals surface area contributed by atoms with Crippen molar-refractivity contribution in [2.75, 3.05) is 0 Å². The SMILES string of the molecule is CC(C)c1cccc2c1Oc1cccc3c1[n+]-2[c-]n3C1CCCCC1. The van der Waals surface area contributed by atoms with Crippen molar-refractivity contribution in [1.29, 1.82) is 0 Å². The third-order valence-corrected chi connectivity index (χ3v) is 5.71. The van der Waals surface area contributed by atoms with Crippen LogP contribution in [0, 0.1) is 6.33 Å². The van der Waals surface area contributed by atoms with Gasteiger partial charge in [-0.15, -0.1) is 0 Å². The fourth-order valence-corrected chi connectivity index (χ4v) is 4.41. The number of hydrogen-bond donors (Lipinski definition) is 0. The van der Waals surface area contributed by atoms with E-state index in [4.69, 9.17) is 4.74 Å². The minimum Gasteiger partial charge on any atom is -0.469 e. The highest BCUT2D eigenvalue weighted by molar-refractivity contribution is 5.81. The molecular formula is C22H24N2O. The molecular weight excluding hydrogens is 308 g/mol. The number of rotatable bonds is 2. The first-order valence-electron chi connectivity index (χ1n) is 9.53. The number of ether oxygens (including phenoxy) is 1. The van der Waals surface area contributed by atoms with Gasteiger partial charge in [0.15, 0.2) is 0 Å². The van der Waals surface area contributed by atoms with E-state index in [1.165, 1.54) is 43.2 Å². The molecule has 2 aromatic carbocycles. The molecule has 0 saturated heterocycles. The summed E-state index contributed by atoms with van der Waals surface area (Å²) in [6.07, 6.45) is 10.2. The minimum atomic E-state index is 0.428. The minimum absolute atomic E-state index is 0.428. The van der Waals surface area contributed by atoms with Gasteiger partial charge in [-0.25, -0.2) is 0 Å². The van der Waals surface area contributed by atoms with Gasteiger partial charge in [-0.2, -0.15) is 0 Å². The maximum absolute atomic E-state index is 6.39. The van der Waals surface area contributed by atoms with E-state index in [1.807, 2.05) is 0 Å². The van der Waals surface area contributed by atoms with Crippen LogP contribution in [0.3, 0.4) is 0 Å². The predicted molar refractivity (Wildman–Crippen MR) is 98.6 cm³/mol. The number of nitrogens with zero attached hydrogens (tertiary/aromatic N) is 2. The summed E-state index contributed by atoms with van der Waals surface area (Å²) in [5.41, 5.74) is 4.77. The quantitative estimate of drug-likeness (QED) is 0.352. The molecule has 5 rings (SSSR count). The van der Waals surface area contributed by atoms with E-state index < -0.39 is 0 Å². The zero-order chi connectivity index (χ0) is 17.0. The summed E-state index contributed by atoms with van der Waals surface area (Å²) in [4.78, 5) is 0. The summed E-state index contributed by atoms with van der Waals surface area (Å²) in [6, 6.07) is 13.4. The van der Waals surface area contributed by atoms with Gasteiger partial charge in [0, 0.05) is 0 Å². The molecule has 3 aromatic rings. The molecule has 0 unspecified atom stereocenters. The lowest BCUT2D eigenvalue weighted by molar-refractivity contribution is -0.576. The molecule has 1 aromatic heterocycles. The first-order valence-corrected chi connectivity index (χ1v) is 9.53. The van der Waals surface area contributed by atoms with E-state index in [1.54, 1.807) is 0 Å². The van der Waals surface area contributed by atoms with E-state index in [0.717, 1.165) is 22.7 Å². The molecule has 3 nitrogen and oxygen atoms in total. The summed E-state index contributed by atoms with van der Waals surface area (Å²) in [5.74, 6) is 2.36. The highest BCUT2D eigenvalue weighted by atomic mass is 16.5. The Kier molecular flexibility index (Phi) is 3.37. The highest BCUT2D eigenvalue weighted by Gasteiger charge is 2.27. The van der Waals surface area contributed by atoms with E-state index >= 15 is 0 Å². The largest absolute Gasteiger partial charge is 0.469 e. The lowest BCUT2D eigenvalue weighted by Crippen LogP contribution is -2.33. The van der Waals surface area contributed by atoms with Gasteiger partial charge >= 0.3 is 0 Å². The smallest absolute Gasteiger partial charge is 0.244 e. The van der Waals surface area contributed by atoms with Gasteiger partial charge in [0.1, 0.15) is 11.5 Å². The summed E-state index contributed by atoms with van der Waals surface area (Å²) in [5, 5.41) is 0. The lowest BCUT2D eigenvalue weighted by atomic mass is 9.95. The molecule has 3 heteroatoms. The Morgan fingerprint density at radius 2 is 1.88 bits per heavy atom. The molecule has 0 bridgehead atoms. The van der Waals surface area contributed by atoms with Crippen LogP contribution in [0.5, 0.6) is 11.5 Å². The van der Waals surface area contributed by atoms with Crippen LogP contribution in [-0.4, -0.2) is 4.57 Å². The molecule has 25 heavy (non-hydrogen) atoms. The molecule has 1 saturated carbocycles. The van der Waals surface area contributed by atoms with Crippen molar-refractivity contribution in [1.82, 2.24) is 4.57 Å². The zero-order valence-electron chi connectivity index (χ0n) is 15.0. The first kappa shape index (κ1) is 15.0. The summed E-state index contributed by atoms with van der Waals surface area (Å²) in [7, 11) is 0. The lowest BCUT2D eigenvalue weighted by Gasteiger charge is -2.24. The molecule has 1 aliphatic carbocycles. The van der Waals surface area contributed by atoms with E-state index in [2.05, 4.69) is 65.7 Å². The predicted octanol–water partition coefficient (Wildman–Crippen LogP) is 5.45. The summed E-state index contributed by atoms with van der Waals surface area (Å²) >= 11 is 0. The van der Waals surface area contributed by atoms with Crippen molar-refractivity contribution in [2.45, 2.75) is 57.9 Å². The number of benzene rings is 2. The molecule has 0 spiro atoms. The maximum atomic E-state index is 6.39. The van der Waals surface area contributed by atoms with Crippen molar-refractivity contribution < 1.29 is 9.30 Å². The molecule has 2 aliphatic rings. The Morgan fingerprint density at radius 3 is 2.68 bits per heavy atom. The number of aromatic nitrogens is 2. The van der Waals surface area contributed by atoms with Crippen molar-refractivity contribution in [3.05, 3.63) is 48.3 Å². The summed E-state index contributed by atoms with van der Waals surface area (Å²) in [6.45, 7) is 4.44. The van der Waals surface area contributed by atoms with Crippen LogP contribution in [0.2, 0.25) is 0 Å². The third kappa shape index (κ3) is 2.21. The average molecular weight is 332 g/mol. The molecule has 1 fully saturated rings. The van der Waals surface area contributed by atoms with E-state index in [9.17, 15) is 0 Å². The molecule has 1 aliphatic heterocycles. The first-order chi connectivity index (χ1) is 12.2. The van der Waals surface area contributed by atoms with E-state index in [-0.39, 0.29) is 0 Å². The van der Waals surface area contributed by atoms with E-state index in [0.29, 0.717) is 12.0 Å². The Hall–Kier alpha value is -2.29. The Balaban J connectivity index is 1.76. The van der Waals surface area contributed by atoms with Crippen molar-refractivity contribution in [3.8, 4) is 17.2 Å². The van der Waals surface area contributed by atoms with Crippen LogP contribution in [0.25, 0.3) is 16.7 Å². The molecule has 0 amide bonds. The van der Waals surface area contributed by atoms with Gasteiger partial charge in [0.25, 0.3) is 0 Å². The van der Waals surface area contributed by atoms with Crippen LogP contribution in [0.4, 0.5) is 0 Å². The second-order valence-corrected chi connectivity index (χ2v) is 7.67. The monoisotopic (exact) mass is 332 g/mol. The van der Waals surface area contributed by atoms with Crippen LogP contribution in [0.1, 0.15) is 63.5 Å². The van der Waals surface area contributed by atoms with Crippen molar-refractivity contribution in [2.24, 2.45) is 0 Å². The second kappa shape index (κ2) is 5.62. The van der Waals surface area contributed by atoms with Gasteiger partial charge in [0.05, 0.1) is 22.8 Å². The summed E-state index contributed by atoms with van der Waals surface area (Å²) < 4.78 is 11.0. The molecule has 0 atom stereocenters. The van der Waals surface area contributed by atoms with Crippen molar-refractivity contribution in [3.63, 3.8) is 0 Å². The van der Waals surface area contributed by atoms with Gasteiger partial charge < -0.3 is 13.9 Å². The van der Waals surface area contributed by atoms with Crippen LogP contribution in [-0.2, 0) is 0 Å². The Morgan fingerprint density at radius 1 is 1.08 bits per heavy atom.